The van der Waals surface area contributed by atoms with Crippen LogP contribution >= 0.6 is 11.6 Å². The fourth-order valence-corrected chi connectivity index (χ4v) is 3.62. The van der Waals surface area contributed by atoms with Crippen molar-refractivity contribution < 1.29 is 9.53 Å². The highest BCUT2D eigenvalue weighted by atomic mass is 35.5. The molecule has 1 saturated heterocycles. The zero-order chi connectivity index (χ0) is 20.1. The second-order valence-electron chi connectivity index (χ2n) is 7.68. The summed E-state index contributed by atoms with van der Waals surface area (Å²) in [6.45, 7) is 8.26. The molecule has 150 valence electrons. The molecule has 2 atom stereocenters. The maximum Gasteiger partial charge on any atom is 0.261 e. The molecular weight excluding hydrogens is 372 g/mol. The van der Waals surface area contributed by atoms with Gasteiger partial charge in [0.1, 0.15) is 5.75 Å². The van der Waals surface area contributed by atoms with Crippen molar-refractivity contribution in [2.45, 2.75) is 45.8 Å². The Morgan fingerprint density at radius 1 is 1.11 bits per heavy atom. The van der Waals surface area contributed by atoms with E-state index in [4.69, 9.17) is 16.3 Å². The summed E-state index contributed by atoms with van der Waals surface area (Å²) in [5, 5.41) is 3.52. The summed E-state index contributed by atoms with van der Waals surface area (Å²) in [5.74, 6) is 1.17. The fourth-order valence-electron chi connectivity index (χ4n) is 3.44. The predicted molar refractivity (Wildman–Crippen MR) is 115 cm³/mol. The Morgan fingerprint density at radius 3 is 2.39 bits per heavy atom. The Balaban J connectivity index is 1.55. The lowest BCUT2D eigenvalue weighted by molar-refractivity contribution is -0.127. The van der Waals surface area contributed by atoms with Crippen LogP contribution in [0.3, 0.4) is 0 Å². The van der Waals surface area contributed by atoms with Crippen LogP contribution in [0.4, 0.5) is 5.69 Å². The lowest BCUT2D eigenvalue weighted by atomic mass is 9.98. The van der Waals surface area contributed by atoms with Gasteiger partial charge in [-0.05, 0) is 62.4 Å². The lowest BCUT2D eigenvalue weighted by Gasteiger charge is -2.32. The third-order valence-corrected chi connectivity index (χ3v) is 5.72. The van der Waals surface area contributed by atoms with Crippen molar-refractivity contribution in [1.29, 1.82) is 0 Å². The van der Waals surface area contributed by atoms with Crippen molar-refractivity contribution in [1.82, 2.24) is 5.32 Å². The van der Waals surface area contributed by atoms with Gasteiger partial charge in [0.15, 0.2) is 6.10 Å². The largest absolute Gasteiger partial charge is 0.479 e. The molecule has 2 aromatic carbocycles. The summed E-state index contributed by atoms with van der Waals surface area (Å²) in [4.78, 5) is 14.9. The number of piperidine rings is 1. The molecule has 0 saturated carbocycles. The van der Waals surface area contributed by atoms with Crippen molar-refractivity contribution in [3.05, 3.63) is 59.1 Å². The number of amides is 1. The van der Waals surface area contributed by atoms with Crippen LogP contribution < -0.4 is 15.0 Å². The summed E-state index contributed by atoms with van der Waals surface area (Å²) in [5.41, 5.74) is 2.33. The monoisotopic (exact) mass is 400 g/mol. The average molecular weight is 401 g/mol. The number of nitrogens with zero attached hydrogens (tertiary/aromatic N) is 1. The maximum atomic E-state index is 12.5. The average Bonchev–Trinajstić information content (AvgIpc) is 2.70. The lowest BCUT2D eigenvalue weighted by Crippen LogP contribution is -2.37. The highest BCUT2D eigenvalue weighted by Gasteiger charge is 2.19. The van der Waals surface area contributed by atoms with Crippen LogP contribution in [0.5, 0.6) is 5.75 Å². The van der Waals surface area contributed by atoms with E-state index in [-0.39, 0.29) is 11.9 Å². The number of halogens is 1. The minimum atomic E-state index is -0.628. The van der Waals surface area contributed by atoms with Crippen LogP contribution in [0.2, 0.25) is 5.02 Å². The quantitative estimate of drug-likeness (QED) is 0.722. The van der Waals surface area contributed by atoms with Gasteiger partial charge in [0.25, 0.3) is 5.91 Å². The molecule has 0 aliphatic carbocycles. The van der Waals surface area contributed by atoms with E-state index in [2.05, 4.69) is 41.4 Å². The number of ether oxygens (including phenoxy) is 1. The summed E-state index contributed by atoms with van der Waals surface area (Å²) in [7, 11) is 0. The Bertz CT molecular complexity index is 785. The zero-order valence-corrected chi connectivity index (χ0v) is 17.6. The van der Waals surface area contributed by atoms with Gasteiger partial charge in [0.2, 0.25) is 0 Å². The van der Waals surface area contributed by atoms with Gasteiger partial charge in [-0.1, -0.05) is 42.8 Å². The first-order valence-corrected chi connectivity index (χ1v) is 10.4. The first kappa shape index (κ1) is 20.5. The summed E-state index contributed by atoms with van der Waals surface area (Å²) in [6, 6.07) is 15.6. The smallest absolute Gasteiger partial charge is 0.261 e. The first-order valence-electron chi connectivity index (χ1n) is 10.0. The molecule has 0 spiro atoms. The highest BCUT2D eigenvalue weighted by molar-refractivity contribution is 6.32. The SMILES string of the molecule is CC1CCN(c2ccc([C@H](C)NC(=O)[C@H](C)Oc3ccccc3Cl)cc2)CC1. The Kier molecular flexibility index (Phi) is 6.84. The number of rotatable bonds is 6. The Labute approximate surface area is 172 Å². The molecule has 0 radical (unpaired) electrons. The molecule has 0 bridgehead atoms. The van der Waals surface area contributed by atoms with Crippen LogP contribution in [-0.2, 0) is 4.79 Å². The van der Waals surface area contributed by atoms with E-state index < -0.39 is 6.10 Å². The van der Waals surface area contributed by atoms with Crippen molar-refractivity contribution in [3.8, 4) is 5.75 Å². The minimum absolute atomic E-state index is 0.0970. The van der Waals surface area contributed by atoms with Crippen molar-refractivity contribution in [2.75, 3.05) is 18.0 Å². The number of benzene rings is 2. The van der Waals surface area contributed by atoms with Gasteiger partial charge in [0.05, 0.1) is 11.1 Å². The van der Waals surface area contributed by atoms with Crippen molar-refractivity contribution >= 4 is 23.2 Å². The molecule has 1 heterocycles. The molecule has 5 heteroatoms. The molecule has 2 aromatic rings. The summed E-state index contributed by atoms with van der Waals surface area (Å²) < 4.78 is 5.70. The molecule has 1 fully saturated rings. The minimum Gasteiger partial charge on any atom is -0.479 e. The molecule has 1 aliphatic rings. The predicted octanol–water partition coefficient (Wildman–Crippen LogP) is 5.22. The molecule has 1 N–H and O–H groups in total. The van der Waals surface area contributed by atoms with E-state index in [0.717, 1.165) is 24.6 Å². The number of hydrogen-bond acceptors (Lipinski definition) is 3. The van der Waals surface area contributed by atoms with E-state index in [0.29, 0.717) is 10.8 Å². The van der Waals surface area contributed by atoms with Gasteiger partial charge in [-0.2, -0.15) is 0 Å². The van der Waals surface area contributed by atoms with Crippen LogP contribution in [0.15, 0.2) is 48.5 Å². The summed E-state index contributed by atoms with van der Waals surface area (Å²) >= 11 is 6.10. The van der Waals surface area contributed by atoms with E-state index >= 15 is 0 Å². The van der Waals surface area contributed by atoms with Crippen LogP contribution in [-0.4, -0.2) is 25.1 Å². The van der Waals surface area contributed by atoms with Gasteiger partial charge in [-0.25, -0.2) is 0 Å². The number of anilines is 1. The molecule has 1 aliphatic heterocycles. The Hall–Kier alpha value is -2.20. The van der Waals surface area contributed by atoms with E-state index in [1.807, 2.05) is 19.1 Å². The molecular formula is C23H29ClN2O2. The second-order valence-corrected chi connectivity index (χ2v) is 8.09. The molecule has 3 rings (SSSR count). The fraction of sp³-hybridized carbons (Fsp3) is 0.435. The topological polar surface area (TPSA) is 41.6 Å². The van der Waals surface area contributed by atoms with Gasteiger partial charge in [0, 0.05) is 18.8 Å². The normalized spacial score (nSPS) is 17.1. The third-order valence-electron chi connectivity index (χ3n) is 5.41. The molecule has 28 heavy (non-hydrogen) atoms. The molecule has 0 aromatic heterocycles. The van der Waals surface area contributed by atoms with Gasteiger partial charge in [-0.15, -0.1) is 0 Å². The van der Waals surface area contributed by atoms with Crippen molar-refractivity contribution in [3.63, 3.8) is 0 Å². The van der Waals surface area contributed by atoms with Crippen LogP contribution in [0, 0.1) is 5.92 Å². The number of carbonyl (C=O) groups excluding carboxylic acids is 1. The number of hydrogen-bond donors (Lipinski definition) is 1. The van der Waals surface area contributed by atoms with E-state index in [1.54, 1.807) is 19.1 Å². The third kappa shape index (κ3) is 5.20. The maximum absolute atomic E-state index is 12.5. The number of para-hydroxylation sites is 1. The first-order chi connectivity index (χ1) is 13.4. The van der Waals surface area contributed by atoms with Gasteiger partial charge in [-0.3, -0.25) is 4.79 Å². The standard InChI is InChI=1S/C23H29ClN2O2/c1-16-12-14-26(15-13-16)20-10-8-19(9-11-20)17(2)25-23(27)18(3)28-22-7-5-4-6-21(22)24/h4-11,16-18H,12-15H2,1-3H3,(H,25,27)/t17-,18-/m0/s1. The van der Waals surface area contributed by atoms with Crippen LogP contribution in [0.25, 0.3) is 0 Å². The van der Waals surface area contributed by atoms with E-state index in [9.17, 15) is 4.79 Å². The number of carbonyl (C=O) groups is 1. The van der Waals surface area contributed by atoms with Crippen molar-refractivity contribution in [2.24, 2.45) is 5.92 Å². The summed E-state index contributed by atoms with van der Waals surface area (Å²) in [6.07, 6.45) is 1.87. The number of nitrogens with one attached hydrogen (secondary N) is 1. The second kappa shape index (κ2) is 9.33. The zero-order valence-electron chi connectivity index (χ0n) is 16.8. The van der Waals surface area contributed by atoms with Gasteiger partial charge < -0.3 is 15.0 Å². The molecule has 0 unspecified atom stereocenters. The Morgan fingerprint density at radius 2 is 1.75 bits per heavy atom. The van der Waals surface area contributed by atoms with E-state index in [1.165, 1.54) is 18.5 Å². The molecule has 1 amide bonds. The van der Waals surface area contributed by atoms with Gasteiger partial charge >= 0.3 is 0 Å². The highest BCUT2D eigenvalue weighted by Crippen LogP contribution is 2.26. The van der Waals surface area contributed by atoms with Crippen LogP contribution in [0.1, 0.15) is 45.2 Å². The molecule has 4 nitrogen and oxygen atoms in total.